The van der Waals surface area contributed by atoms with Crippen LogP contribution in [0.2, 0.25) is 0 Å². The van der Waals surface area contributed by atoms with Crippen molar-refractivity contribution in [2.45, 2.75) is 26.1 Å². The summed E-state index contributed by atoms with van der Waals surface area (Å²) in [5.41, 5.74) is -1.63. The van der Waals surface area contributed by atoms with Gasteiger partial charge in [-0.2, -0.15) is 13.2 Å². The zero-order valence-corrected chi connectivity index (χ0v) is 15.6. The van der Waals surface area contributed by atoms with Crippen LogP contribution in [0.15, 0.2) is 35.3 Å². The first-order chi connectivity index (χ1) is 13.6. The summed E-state index contributed by atoms with van der Waals surface area (Å²) in [7, 11) is 1.21. The summed E-state index contributed by atoms with van der Waals surface area (Å²) in [6, 6.07) is 4.68. The number of aryl methyl sites for hydroxylation is 1. The number of rotatable bonds is 4. The molecule has 3 rings (SSSR count). The number of fused-ring (bicyclic) bond motifs is 1. The van der Waals surface area contributed by atoms with Crippen molar-refractivity contribution in [2.24, 2.45) is 0 Å². The molecule has 0 radical (unpaired) electrons. The summed E-state index contributed by atoms with van der Waals surface area (Å²) in [5.74, 6) is -0.384. The van der Waals surface area contributed by atoms with Gasteiger partial charge in [0.15, 0.2) is 0 Å². The zero-order valence-electron chi connectivity index (χ0n) is 15.6. The minimum atomic E-state index is -4.68. The molecule has 0 aliphatic carbocycles. The molecule has 0 bridgehead atoms. The van der Waals surface area contributed by atoms with Crippen LogP contribution in [0.4, 0.5) is 13.2 Å². The lowest BCUT2D eigenvalue weighted by atomic mass is 10.00. The highest BCUT2D eigenvalue weighted by Crippen LogP contribution is 2.37. The minimum Gasteiger partial charge on any atom is -0.470 e. The summed E-state index contributed by atoms with van der Waals surface area (Å²) < 4.78 is 50.9. The Hall–Kier alpha value is -3.43. The molecule has 10 heteroatoms. The van der Waals surface area contributed by atoms with E-state index in [1.54, 1.807) is 0 Å². The highest BCUT2D eigenvalue weighted by Gasteiger charge is 2.36. The topological polar surface area (TPSA) is 94.2 Å². The fraction of sp³-hybridized carbons (Fsp3) is 0.263. The van der Waals surface area contributed by atoms with Gasteiger partial charge in [-0.15, -0.1) is 0 Å². The van der Waals surface area contributed by atoms with E-state index in [9.17, 15) is 22.8 Å². The SMILES string of the molecule is COC(=O)c1ccc(O[C@H](C)c2cc3c(=O)[nH]c(C)nc3cc2C(F)(F)F)nc1. The van der Waals surface area contributed by atoms with Crippen LogP contribution in [-0.4, -0.2) is 28.0 Å². The van der Waals surface area contributed by atoms with Crippen LogP contribution in [0.25, 0.3) is 10.9 Å². The third-order valence-corrected chi connectivity index (χ3v) is 4.19. The van der Waals surface area contributed by atoms with E-state index in [0.29, 0.717) is 0 Å². The predicted molar refractivity (Wildman–Crippen MR) is 96.7 cm³/mol. The number of hydrogen-bond acceptors (Lipinski definition) is 6. The Morgan fingerprint density at radius 3 is 2.55 bits per heavy atom. The van der Waals surface area contributed by atoms with Crippen LogP contribution >= 0.6 is 0 Å². The van der Waals surface area contributed by atoms with Crippen molar-refractivity contribution in [3.8, 4) is 5.88 Å². The van der Waals surface area contributed by atoms with Gasteiger partial charge in [0.25, 0.3) is 5.56 Å². The molecule has 29 heavy (non-hydrogen) atoms. The van der Waals surface area contributed by atoms with Crippen molar-refractivity contribution in [3.63, 3.8) is 0 Å². The lowest BCUT2D eigenvalue weighted by Crippen LogP contribution is -2.17. The number of aromatic nitrogens is 3. The summed E-state index contributed by atoms with van der Waals surface area (Å²) in [6.07, 6.45) is -4.58. The van der Waals surface area contributed by atoms with Gasteiger partial charge in [-0.1, -0.05) is 0 Å². The summed E-state index contributed by atoms with van der Waals surface area (Å²) >= 11 is 0. The van der Waals surface area contributed by atoms with Crippen molar-refractivity contribution >= 4 is 16.9 Å². The fourth-order valence-electron chi connectivity index (χ4n) is 2.83. The summed E-state index contributed by atoms with van der Waals surface area (Å²) in [6.45, 7) is 2.89. The third kappa shape index (κ3) is 4.20. The van der Waals surface area contributed by atoms with Gasteiger partial charge in [-0.3, -0.25) is 4.79 Å². The number of benzene rings is 1. The number of methoxy groups -OCH3 is 1. The normalized spacial score (nSPS) is 12.6. The van der Waals surface area contributed by atoms with Crippen molar-refractivity contribution in [1.29, 1.82) is 0 Å². The van der Waals surface area contributed by atoms with E-state index in [1.165, 1.54) is 39.3 Å². The maximum Gasteiger partial charge on any atom is 0.416 e. The van der Waals surface area contributed by atoms with Gasteiger partial charge in [0.1, 0.15) is 11.9 Å². The molecule has 1 aromatic carbocycles. The van der Waals surface area contributed by atoms with E-state index in [2.05, 4.69) is 19.7 Å². The number of carbonyl (C=O) groups is 1. The first-order valence-electron chi connectivity index (χ1n) is 8.43. The number of esters is 1. The maximum atomic E-state index is 13.6. The monoisotopic (exact) mass is 407 g/mol. The van der Waals surface area contributed by atoms with E-state index in [-0.39, 0.29) is 33.7 Å². The Labute approximate surface area is 162 Å². The number of nitrogens with one attached hydrogen (secondary N) is 1. The van der Waals surface area contributed by atoms with Crippen molar-refractivity contribution in [2.75, 3.05) is 7.11 Å². The van der Waals surface area contributed by atoms with E-state index in [4.69, 9.17) is 4.74 Å². The maximum absolute atomic E-state index is 13.6. The van der Waals surface area contributed by atoms with Gasteiger partial charge in [0.2, 0.25) is 5.88 Å². The average Bonchev–Trinajstić information content (AvgIpc) is 2.66. The first-order valence-corrected chi connectivity index (χ1v) is 8.43. The fourth-order valence-corrected chi connectivity index (χ4v) is 2.83. The molecule has 0 saturated carbocycles. The largest absolute Gasteiger partial charge is 0.470 e. The Morgan fingerprint density at radius 1 is 1.24 bits per heavy atom. The highest BCUT2D eigenvalue weighted by molar-refractivity contribution is 5.88. The second-order valence-corrected chi connectivity index (χ2v) is 6.24. The Balaban J connectivity index is 2.03. The Kier molecular flexibility index (Phi) is 5.27. The number of alkyl halides is 3. The van der Waals surface area contributed by atoms with Gasteiger partial charge in [0, 0.05) is 17.8 Å². The van der Waals surface area contributed by atoms with Crippen molar-refractivity contribution < 1.29 is 27.4 Å². The summed E-state index contributed by atoms with van der Waals surface area (Å²) in [4.78, 5) is 33.9. The number of halogens is 3. The molecule has 0 fully saturated rings. The molecule has 0 saturated heterocycles. The molecule has 7 nitrogen and oxygen atoms in total. The zero-order chi connectivity index (χ0) is 21.3. The number of nitrogens with zero attached hydrogens (tertiary/aromatic N) is 2. The minimum absolute atomic E-state index is 0.00863. The van der Waals surface area contributed by atoms with Crippen molar-refractivity contribution in [3.05, 3.63) is 63.3 Å². The van der Waals surface area contributed by atoms with E-state index < -0.39 is 29.4 Å². The van der Waals surface area contributed by atoms with Crippen LogP contribution in [0.3, 0.4) is 0 Å². The smallest absolute Gasteiger partial charge is 0.416 e. The third-order valence-electron chi connectivity index (χ3n) is 4.19. The van der Waals surface area contributed by atoms with Gasteiger partial charge >= 0.3 is 12.1 Å². The molecule has 2 heterocycles. The molecule has 2 aromatic heterocycles. The van der Waals surface area contributed by atoms with Crippen LogP contribution in [0.1, 0.15) is 40.3 Å². The molecule has 0 amide bonds. The first kappa shape index (κ1) is 20.3. The molecule has 3 aromatic rings. The molecule has 0 aliphatic rings. The van der Waals surface area contributed by atoms with Crippen LogP contribution in [0.5, 0.6) is 5.88 Å². The number of ether oxygens (including phenoxy) is 2. The van der Waals surface area contributed by atoms with Crippen LogP contribution in [-0.2, 0) is 10.9 Å². The Bertz CT molecular complexity index is 1120. The number of pyridine rings is 1. The van der Waals surface area contributed by atoms with Gasteiger partial charge in [-0.05, 0) is 32.0 Å². The highest BCUT2D eigenvalue weighted by atomic mass is 19.4. The number of carbonyl (C=O) groups excluding carboxylic acids is 1. The molecule has 0 spiro atoms. The van der Waals surface area contributed by atoms with Gasteiger partial charge in [0.05, 0.1) is 29.1 Å². The Morgan fingerprint density at radius 2 is 1.97 bits per heavy atom. The summed E-state index contributed by atoms with van der Waals surface area (Å²) in [5, 5.41) is 0.0167. The van der Waals surface area contributed by atoms with Crippen molar-refractivity contribution in [1.82, 2.24) is 15.0 Å². The lowest BCUT2D eigenvalue weighted by Gasteiger charge is -2.20. The lowest BCUT2D eigenvalue weighted by molar-refractivity contribution is -0.138. The molecule has 1 N–H and O–H groups in total. The van der Waals surface area contributed by atoms with Crippen LogP contribution < -0.4 is 10.3 Å². The van der Waals surface area contributed by atoms with E-state index in [0.717, 1.165) is 12.1 Å². The predicted octanol–water partition coefficient (Wildman–Crippen LogP) is 3.57. The van der Waals surface area contributed by atoms with Crippen LogP contribution in [0, 0.1) is 6.92 Å². The second-order valence-electron chi connectivity index (χ2n) is 6.24. The van der Waals surface area contributed by atoms with Gasteiger partial charge in [-0.25, -0.2) is 14.8 Å². The van der Waals surface area contributed by atoms with E-state index >= 15 is 0 Å². The standard InChI is InChI=1S/C19H16F3N3O4/c1-9(29-16-5-4-11(8-23-16)18(27)28-3)12-6-13-15(7-14(12)19(20,21)22)24-10(2)25-17(13)26/h4-9H,1-3H3,(H,24,25,26)/t9-/m1/s1. The van der Waals surface area contributed by atoms with E-state index in [1.807, 2.05) is 0 Å². The number of H-pyrrole nitrogens is 1. The number of hydrogen-bond donors (Lipinski definition) is 1. The molecule has 0 unspecified atom stereocenters. The van der Waals surface area contributed by atoms with Gasteiger partial charge < -0.3 is 14.5 Å². The molecular formula is C19H16F3N3O4. The molecule has 0 aliphatic heterocycles. The molecular weight excluding hydrogens is 391 g/mol. The molecule has 152 valence electrons. The second kappa shape index (κ2) is 7.53. The average molecular weight is 407 g/mol. The quantitative estimate of drug-likeness (QED) is 0.665. The number of aromatic amines is 1. The molecule has 1 atom stereocenters.